The number of hydrogen-bond acceptors (Lipinski definition) is 4. The maximum atomic E-state index is 12.8. The second kappa shape index (κ2) is 6.10. The summed E-state index contributed by atoms with van der Waals surface area (Å²) in [6.07, 6.45) is 0. The number of hydrogen-bond donors (Lipinski definition) is 0. The molecule has 1 aliphatic heterocycles. The highest BCUT2D eigenvalue weighted by Gasteiger charge is 2.27. The van der Waals surface area contributed by atoms with Crippen molar-refractivity contribution >= 4 is 31.7 Å². The lowest BCUT2D eigenvalue weighted by Crippen LogP contribution is -1.98. The van der Waals surface area contributed by atoms with E-state index in [2.05, 4.69) is 0 Å². The molecule has 1 atom stereocenters. The average molecular weight is 405 g/mol. The van der Waals surface area contributed by atoms with Crippen molar-refractivity contribution in [2.75, 3.05) is 0 Å². The van der Waals surface area contributed by atoms with E-state index in [1.54, 1.807) is 0 Å². The molecule has 0 amide bonds. The fourth-order valence-corrected chi connectivity index (χ4v) is 5.56. The molecule has 0 radical (unpaired) electrons. The Morgan fingerprint density at radius 2 is 1.39 bits per heavy atom. The van der Waals surface area contributed by atoms with Gasteiger partial charge in [-0.1, -0.05) is 48.5 Å². The SMILES string of the molecule is O=S1c2ccc(-c3cccc4ccccc34)cc2-c2cc(S(=O)(=O)[O-])ccc21. The fraction of sp³-hybridized carbons (Fsp3) is 0. The minimum atomic E-state index is -4.58. The van der Waals surface area contributed by atoms with Gasteiger partial charge in [0, 0.05) is 11.1 Å². The lowest BCUT2D eigenvalue weighted by molar-refractivity contribution is 0.463. The minimum Gasteiger partial charge on any atom is -0.744 e. The molecule has 0 N–H and O–H groups in total. The summed E-state index contributed by atoms with van der Waals surface area (Å²) < 4.78 is 47.1. The van der Waals surface area contributed by atoms with Crippen LogP contribution < -0.4 is 0 Å². The van der Waals surface area contributed by atoms with Crippen LogP contribution in [-0.4, -0.2) is 17.2 Å². The molecular weight excluding hydrogens is 392 g/mol. The first-order chi connectivity index (χ1) is 13.4. The second-order valence-electron chi connectivity index (χ2n) is 6.62. The molecule has 4 nitrogen and oxygen atoms in total. The van der Waals surface area contributed by atoms with E-state index in [4.69, 9.17) is 0 Å². The van der Waals surface area contributed by atoms with Crippen molar-refractivity contribution in [2.24, 2.45) is 0 Å². The molecule has 0 fully saturated rings. The summed E-state index contributed by atoms with van der Waals surface area (Å²) in [5.41, 5.74) is 3.21. The van der Waals surface area contributed by atoms with E-state index in [9.17, 15) is 17.2 Å². The van der Waals surface area contributed by atoms with Crippen LogP contribution >= 0.6 is 0 Å². The minimum absolute atomic E-state index is 0.313. The Morgan fingerprint density at radius 3 is 2.18 bits per heavy atom. The summed E-state index contributed by atoms with van der Waals surface area (Å²) in [6.45, 7) is 0. The highest BCUT2D eigenvalue weighted by atomic mass is 32.2. The molecule has 138 valence electrons. The highest BCUT2D eigenvalue weighted by molar-refractivity contribution is 7.86. The molecule has 1 aliphatic rings. The molecule has 6 heteroatoms. The van der Waals surface area contributed by atoms with Gasteiger partial charge in [-0.2, -0.15) is 0 Å². The molecule has 4 aromatic carbocycles. The van der Waals surface area contributed by atoms with Gasteiger partial charge in [-0.25, -0.2) is 12.6 Å². The zero-order valence-corrected chi connectivity index (χ0v) is 16.1. The number of fused-ring (bicyclic) bond motifs is 4. The van der Waals surface area contributed by atoms with Gasteiger partial charge in [-0.05, 0) is 52.2 Å². The van der Waals surface area contributed by atoms with Crippen LogP contribution in [0.5, 0.6) is 0 Å². The van der Waals surface area contributed by atoms with Crippen LogP contribution in [0, 0.1) is 0 Å². The molecule has 0 saturated heterocycles. The van der Waals surface area contributed by atoms with Crippen LogP contribution in [0.1, 0.15) is 0 Å². The standard InChI is InChI=1S/C22H14O4S2/c23-27-21-10-8-15(18-7-3-5-14-4-1-2-6-17(14)18)12-19(21)20-13-16(28(24,25)26)9-11-22(20)27/h1-13H,(H,24,25,26)/p-1. The van der Waals surface area contributed by atoms with Crippen LogP contribution in [0.25, 0.3) is 33.0 Å². The Bertz CT molecular complexity index is 1400. The van der Waals surface area contributed by atoms with Gasteiger partial charge in [0.1, 0.15) is 10.1 Å². The summed E-state index contributed by atoms with van der Waals surface area (Å²) in [5, 5.41) is 2.21. The van der Waals surface area contributed by atoms with Crippen molar-refractivity contribution < 1.29 is 17.2 Å². The molecule has 5 rings (SSSR count). The zero-order chi connectivity index (χ0) is 19.5. The maximum Gasteiger partial charge on any atom is 0.124 e. The van der Waals surface area contributed by atoms with E-state index in [1.165, 1.54) is 18.2 Å². The third-order valence-corrected chi connectivity index (χ3v) is 7.35. The molecule has 0 bridgehead atoms. The van der Waals surface area contributed by atoms with Crippen LogP contribution in [-0.2, 0) is 20.9 Å². The lowest BCUT2D eigenvalue weighted by Gasteiger charge is -2.10. The van der Waals surface area contributed by atoms with Crippen LogP contribution in [0.4, 0.5) is 0 Å². The molecule has 28 heavy (non-hydrogen) atoms. The predicted octanol–water partition coefficient (Wildman–Crippen LogP) is 4.56. The summed E-state index contributed by atoms with van der Waals surface area (Å²) in [5.74, 6) is 0. The third-order valence-electron chi connectivity index (χ3n) is 5.01. The van der Waals surface area contributed by atoms with E-state index < -0.39 is 20.9 Å². The normalized spacial score (nSPS) is 15.4. The van der Waals surface area contributed by atoms with Gasteiger partial charge in [0.05, 0.1) is 25.5 Å². The monoisotopic (exact) mass is 405 g/mol. The van der Waals surface area contributed by atoms with Crippen molar-refractivity contribution in [3.8, 4) is 22.3 Å². The van der Waals surface area contributed by atoms with E-state index in [0.717, 1.165) is 21.9 Å². The summed E-state index contributed by atoms with van der Waals surface area (Å²) in [4.78, 5) is 0.837. The summed E-state index contributed by atoms with van der Waals surface area (Å²) in [7, 11) is -5.98. The Balaban J connectivity index is 1.75. The van der Waals surface area contributed by atoms with Crippen LogP contribution in [0.15, 0.2) is 93.5 Å². The molecule has 0 spiro atoms. The molecular formula is C22H13O4S2-. The third kappa shape index (κ3) is 2.61. The molecule has 0 aromatic heterocycles. The molecule has 0 aliphatic carbocycles. The largest absolute Gasteiger partial charge is 0.744 e. The van der Waals surface area contributed by atoms with Gasteiger partial charge in [0.15, 0.2) is 0 Å². The smallest absolute Gasteiger partial charge is 0.124 e. The van der Waals surface area contributed by atoms with Crippen molar-refractivity contribution in [1.82, 2.24) is 0 Å². The topological polar surface area (TPSA) is 74.3 Å². The fourth-order valence-electron chi connectivity index (χ4n) is 3.70. The summed E-state index contributed by atoms with van der Waals surface area (Å²) >= 11 is 0. The van der Waals surface area contributed by atoms with Gasteiger partial charge in [-0.3, -0.25) is 0 Å². The molecule has 1 unspecified atom stereocenters. The molecule has 4 aromatic rings. The number of benzene rings is 4. The average Bonchev–Trinajstić information content (AvgIpc) is 2.98. The van der Waals surface area contributed by atoms with E-state index in [0.29, 0.717) is 20.9 Å². The van der Waals surface area contributed by atoms with Gasteiger partial charge in [0.25, 0.3) is 0 Å². The van der Waals surface area contributed by atoms with Crippen LogP contribution in [0.3, 0.4) is 0 Å². The molecule has 0 saturated carbocycles. The highest BCUT2D eigenvalue weighted by Crippen LogP contribution is 2.44. The van der Waals surface area contributed by atoms with Gasteiger partial charge < -0.3 is 4.55 Å². The molecule has 1 heterocycles. The van der Waals surface area contributed by atoms with E-state index in [-0.39, 0.29) is 4.90 Å². The van der Waals surface area contributed by atoms with Crippen molar-refractivity contribution in [1.29, 1.82) is 0 Å². The Kier molecular flexibility index (Phi) is 3.77. The van der Waals surface area contributed by atoms with Gasteiger partial charge in [0.2, 0.25) is 0 Å². The van der Waals surface area contributed by atoms with Gasteiger partial charge in [-0.15, -0.1) is 0 Å². The first kappa shape index (κ1) is 17.3. The predicted molar refractivity (Wildman–Crippen MR) is 107 cm³/mol. The first-order valence-electron chi connectivity index (χ1n) is 8.58. The quantitative estimate of drug-likeness (QED) is 0.404. The Hall–Kier alpha value is -2.80. The Morgan fingerprint density at radius 1 is 0.714 bits per heavy atom. The van der Waals surface area contributed by atoms with Crippen molar-refractivity contribution in [2.45, 2.75) is 14.7 Å². The zero-order valence-electron chi connectivity index (χ0n) is 14.5. The Labute approximate surface area is 164 Å². The van der Waals surface area contributed by atoms with E-state index >= 15 is 0 Å². The van der Waals surface area contributed by atoms with Gasteiger partial charge >= 0.3 is 0 Å². The first-order valence-corrected chi connectivity index (χ1v) is 11.1. The van der Waals surface area contributed by atoms with Crippen molar-refractivity contribution in [3.63, 3.8) is 0 Å². The van der Waals surface area contributed by atoms with Crippen molar-refractivity contribution in [3.05, 3.63) is 78.9 Å². The second-order valence-corrected chi connectivity index (χ2v) is 9.42. The number of rotatable bonds is 2. The lowest BCUT2D eigenvalue weighted by atomic mass is 9.95. The maximum absolute atomic E-state index is 12.8. The van der Waals surface area contributed by atoms with Crippen LogP contribution in [0.2, 0.25) is 0 Å². The van der Waals surface area contributed by atoms with E-state index in [1.807, 2.05) is 60.7 Å². The summed E-state index contributed by atoms with van der Waals surface area (Å²) in [6, 6.07) is 23.8.